The molecule has 0 saturated heterocycles. The maximum absolute atomic E-state index is 13.1. The van der Waals surface area contributed by atoms with Crippen molar-refractivity contribution in [2.45, 2.75) is 37.0 Å². The summed E-state index contributed by atoms with van der Waals surface area (Å²) in [4.78, 5) is 24.7. The molecule has 1 aliphatic rings. The molecule has 1 aliphatic carbocycles. The topological polar surface area (TPSA) is 124 Å². The van der Waals surface area contributed by atoms with Gasteiger partial charge in [-0.3, -0.25) is 4.79 Å². The Kier molecular flexibility index (Phi) is 4.90. The molecule has 4 aromatic heterocycles. The lowest BCUT2D eigenvalue weighted by atomic mass is 10.3. The lowest BCUT2D eigenvalue weighted by Gasteiger charge is -2.06. The van der Waals surface area contributed by atoms with E-state index in [1.54, 1.807) is 0 Å². The maximum atomic E-state index is 13.1. The summed E-state index contributed by atoms with van der Waals surface area (Å²) in [6.07, 6.45) is -0.591. The highest BCUT2D eigenvalue weighted by atomic mass is 32.2. The fourth-order valence-electron chi connectivity index (χ4n) is 3.60. The number of pyridine rings is 1. The van der Waals surface area contributed by atoms with Crippen LogP contribution in [0.5, 0.6) is 0 Å². The largest absolute Gasteiger partial charge is 0.433 e. The van der Waals surface area contributed by atoms with Crippen LogP contribution in [0.25, 0.3) is 28.1 Å². The maximum Gasteiger partial charge on any atom is 0.433 e. The number of hydrogen-bond acceptors (Lipinski definition) is 7. The zero-order valence-corrected chi connectivity index (χ0v) is 18.8. The number of nitrogens with zero attached hydrogens (tertiary/aromatic N) is 6. The predicted octanol–water partition coefficient (Wildman–Crippen LogP) is 2.38. The molecule has 4 aromatic rings. The zero-order valence-electron chi connectivity index (χ0n) is 18.0. The number of nitrogens with one attached hydrogen (secondary N) is 1. The number of alkyl halides is 3. The fraction of sp³-hybridized carbons (Fsp3) is 0.350. The number of aromatic nitrogens is 6. The van der Waals surface area contributed by atoms with Gasteiger partial charge < -0.3 is 9.88 Å². The number of carbonyl (C=O) groups is 1. The summed E-state index contributed by atoms with van der Waals surface area (Å²) in [7, 11) is -2.41. The molecular formula is C20H18F3N7O3S. The van der Waals surface area contributed by atoms with E-state index in [0.29, 0.717) is 0 Å². The third-order valence-electron chi connectivity index (χ3n) is 5.59. The van der Waals surface area contributed by atoms with Crippen LogP contribution in [-0.4, -0.2) is 55.3 Å². The van der Waals surface area contributed by atoms with Gasteiger partial charge in [-0.2, -0.15) is 18.3 Å². The molecule has 10 nitrogen and oxygen atoms in total. The van der Waals surface area contributed by atoms with Crippen molar-refractivity contribution in [2.75, 3.05) is 5.75 Å². The van der Waals surface area contributed by atoms with Crippen LogP contribution in [0, 0.1) is 0 Å². The van der Waals surface area contributed by atoms with Crippen molar-refractivity contribution in [1.29, 1.82) is 0 Å². The van der Waals surface area contributed by atoms with E-state index in [1.807, 2.05) is 0 Å². The molecule has 1 saturated carbocycles. The summed E-state index contributed by atoms with van der Waals surface area (Å²) in [6.45, 7) is 1.44. The number of hydrogen-bond donors (Lipinski definition) is 1. The average Bonchev–Trinajstić information content (AvgIpc) is 3.42. The molecule has 0 spiro atoms. The Labute approximate surface area is 190 Å². The van der Waals surface area contributed by atoms with Crippen molar-refractivity contribution in [1.82, 2.24) is 34.4 Å². The Morgan fingerprint density at radius 1 is 1.26 bits per heavy atom. The second-order valence-electron chi connectivity index (χ2n) is 7.95. The highest BCUT2D eigenvalue weighted by Gasteiger charge is 2.34. The Bertz CT molecular complexity index is 1570. The third kappa shape index (κ3) is 3.57. The Morgan fingerprint density at radius 2 is 2.00 bits per heavy atom. The van der Waals surface area contributed by atoms with Gasteiger partial charge >= 0.3 is 6.18 Å². The summed E-state index contributed by atoms with van der Waals surface area (Å²) in [5.41, 5.74) is -0.780. The molecule has 1 amide bonds. The van der Waals surface area contributed by atoms with Crippen LogP contribution in [0.3, 0.4) is 0 Å². The minimum absolute atomic E-state index is 0.00446. The summed E-state index contributed by atoms with van der Waals surface area (Å²) in [6, 6.07) is 2.26. The quantitative estimate of drug-likeness (QED) is 0.453. The van der Waals surface area contributed by atoms with E-state index in [9.17, 15) is 26.4 Å². The van der Waals surface area contributed by atoms with Crippen molar-refractivity contribution < 1.29 is 26.4 Å². The molecule has 0 aliphatic heterocycles. The van der Waals surface area contributed by atoms with Crippen molar-refractivity contribution in [3.05, 3.63) is 35.9 Å². The normalized spacial score (nSPS) is 14.7. The van der Waals surface area contributed by atoms with Crippen LogP contribution in [0.15, 0.2) is 29.6 Å². The van der Waals surface area contributed by atoms with Gasteiger partial charge in [0.15, 0.2) is 20.5 Å². The number of fused-ring (bicyclic) bond motifs is 2. The first kappa shape index (κ1) is 22.3. The number of carbonyl (C=O) groups excluding carboxylic acids is 1. The smallest absolute Gasteiger partial charge is 0.348 e. The summed E-state index contributed by atoms with van der Waals surface area (Å²) < 4.78 is 67.9. The molecule has 0 unspecified atom stereocenters. The van der Waals surface area contributed by atoms with E-state index in [1.165, 1.54) is 30.8 Å². The van der Waals surface area contributed by atoms with Crippen molar-refractivity contribution in [3.8, 4) is 11.4 Å². The van der Waals surface area contributed by atoms with Crippen LogP contribution in [0.1, 0.15) is 35.9 Å². The van der Waals surface area contributed by atoms with E-state index >= 15 is 0 Å². The van der Waals surface area contributed by atoms with E-state index < -0.39 is 27.6 Å². The molecule has 0 bridgehead atoms. The lowest BCUT2D eigenvalue weighted by Crippen LogP contribution is -2.27. The van der Waals surface area contributed by atoms with Crippen LogP contribution in [0.4, 0.5) is 13.2 Å². The molecule has 4 heterocycles. The van der Waals surface area contributed by atoms with Crippen molar-refractivity contribution in [3.63, 3.8) is 0 Å². The van der Waals surface area contributed by atoms with Gasteiger partial charge in [0.25, 0.3) is 5.91 Å². The first-order valence-corrected chi connectivity index (χ1v) is 12.0. The van der Waals surface area contributed by atoms with Crippen LogP contribution in [0.2, 0.25) is 0 Å². The van der Waals surface area contributed by atoms with Crippen LogP contribution < -0.4 is 5.32 Å². The fourth-order valence-corrected chi connectivity index (χ4v) is 4.58. The molecule has 14 heteroatoms. The van der Waals surface area contributed by atoms with Gasteiger partial charge in [-0.05, 0) is 25.0 Å². The summed E-state index contributed by atoms with van der Waals surface area (Å²) in [5, 5.41) is 6.66. The minimum atomic E-state index is -4.67. The first-order valence-electron chi connectivity index (χ1n) is 10.3. The third-order valence-corrected chi connectivity index (χ3v) is 7.22. The highest BCUT2D eigenvalue weighted by Crippen LogP contribution is 2.35. The first-order chi connectivity index (χ1) is 16.0. The molecule has 0 aromatic carbocycles. The molecule has 0 radical (unpaired) electrons. The van der Waals surface area contributed by atoms with E-state index in [4.69, 9.17) is 0 Å². The molecule has 1 fully saturated rings. The number of aryl methyl sites for hydroxylation is 1. The van der Waals surface area contributed by atoms with Gasteiger partial charge in [0.2, 0.25) is 0 Å². The lowest BCUT2D eigenvalue weighted by molar-refractivity contribution is -0.141. The van der Waals surface area contributed by atoms with Crippen molar-refractivity contribution in [2.24, 2.45) is 7.05 Å². The SMILES string of the molecule is CCS(=O)(=O)c1nn2c(C(=O)NC3CC3)ccnc2c1-c1nc2cc(C(F)(F)F)ncc2n1C. The second kappa shape index (κ2) is 7.48. The average molecular weight is 493 g/mol. The van der Waals surface area contributed by atoms with E-state index in [0.717, 1.165) is 29.6 Å². The number of imidazole rings is 1. The Morgan fingerprint density at radius 3 is 2.65 bits per heavy atom. The number of rotatable bonds is 5. The number of amides is 1. The predicted molar refractivity (Wildman–Crippen MR) is 114 cm³/mol. The van der Waals surface area contributed by atoms with Gasteiger partial charge in [-0.15, -0.1) is 0 Å². The van der Waals surface area contributed by atoms with Crippen LogP contribution in [-0.2, 0) is 23.1 Å². The van der Waals surface area contributed by atoms with E-state index in [-0.39, 0.29) is 50.6 Å². The van der Waals surface area contributed by atoms with E-state index in [2.05, 4.69) is 25.4 Å². The molecular weight excluding hydrogens is 475 g/mol. The second-order valence-corrected chi connectivity index (χ2v) is 10.1. The summed E-state index contributed by atoms with van der Waals surface area (Å²) >= 11 is 0. The molecule has 5 rings (SSSR count). The van der Waals surface area contributed by atoms with Crippen LogP contribution >= 0.6 is 0 Å². The molecule has 34 heavy (non-hydrogen) atoms. The monoisotopic (exact) mass is 493 g/mol. The minimum Gasteiger partial charge on any atom is -0.348 e. The van der Waals surface area contributed by atoms with Gasteiger partial charge in [0, 0.05) is 19.3 Å². The van der Waals surface area contributed by atoms with Crippen molar-refractivity contribution >= 4 is 32.4 Å². The Hall–Kier alpha value is -3.55. The molecule has 0 atom stereocenters. The molecule has 1 N–H and O–H groups in total. The van der Waals surface area contributed by atoms with Gasteiger partial charge in [0.05, 0.1) is 23.0 Å². The highest BCUT2D eigenvalue weighted by molar-refractivity contribution is 7.91. The van der Waals surface area contributed by atoms with Gasteiger partial charge in [-0.1, -0.05) is 6.92 Å². The van der Waals surface area contributed by atoms with Gasteiger partial charge in [0.1, 0.15) is 22.8 Å². The summed E-state index contributed by atoms with van der Waals surface area (Å²) in [5.74, 6) is -0.698. The zero-order chi connectivity index (χ0) is 24.4. The Balaban J connectivity index is 1.78. The number of halogens is 3. The van der Waals surface area contributed by atoms with Gasteiger partial charge in [-0.25, -0.2) is 27.9 Å². The molecule has 178 valence electrons. The standard InChI is InChI=1S/C20H18F3N7O3S/c1-3-34(32,33)19-15(16-24-7-6-12(30(16)28-19)18(31)26-10-4-5-10)17-27-11-8-14(20(21,22)23)25-9-13(11)29(17)2/h6-10H,3-5H2,1-2H3,(H,26,31). The number of sulfone groups is 1.